The molecule has 8 unspecified atom stereocenters. The molecular weight excluding hydrogens is 583 g/mol. The topological polar surface area (TPSA) is 36.1 Å². The van der Waals surface area contributed by atoms with Crippen molar-refractivity contribution in [2.75, 3.05) is 0 Å². The fraction of sp³-hybridized carbons (Fsp3) is 0.378. The number of benzene rings is 2. The molecule has 48 heavy (non-hydrogen) atoms. The van der Waals surface area contributed by atoms with Crippen molar-refractivity contribution in [1.82, 2.24) is 16.0 Å². The molecule has 9 rings (SSSR count). The van der Waals surface area contributed by atoms with Gasteiger partial charge in [-0.15, -0.1) is 0 Å². The fourth-order valence-electron chi connectivity index (χ4n) is 10.0. The van der Waals surface area contributed by atoms with E-state index in [0.717, 1.165) is 25.7 Å². The highest BCUT2D eigenvalue weighted by molar-refractivity contribution is 5.76. The van der Waals surface area contributed by atoms with Crippen molar-refractivity contribution in [2.45, 2.75) is 82.2 Å². The lowest BCUT2D eigenvalue weighted by atomic mass is 9.60. The Morgan fingerprint density at radius 3 is 2.42 bits per heavy atom. The third-order valence-electron chi connectivity index (χ3n) is 12.4. The van der Waals surface area contributed by atoms with Crippen molar-refractivity contribution < 1.29 is 0 Å². The number of hydrogen-bond acceptors (Lipinski definition) is 3. The van der Waals surface area contributed by atoms with Gasteiger partial charge in [-0.3, -0.25) is 16.0 Å². The van der Waals surface area contributed by atoms with E-state index < -0.39 is 0 Å². The molecule has 3 nitrogen and oxygen atoms in total. The largest absolute Gasteiger partial charge is 0.282 e. The number of fused-ring (bicyclic) bond motifs is 5. The van der Waals surface area contributed by atoms with E-state index in [1.54, 1.807) is 33.4 Å². The van der Waals surface area contributed by atoms with Crippen LogP contribution in [0.15, 0.2) is 144 Å². The highest BCUT2D eigenvalue weighted by Crippen LogP contribution is 2.55. The van der Waals surface area contributed by atoms with E-state index >= 15 is 0 Å². The van der Waals surface area contributed by atoms with Gasteiger partial charge < -0.3 is 0 Å². The zero-order valence-corrected chi connectivity index (χ0v) is 28.0. The molecular formula is C45H49N3. The summed E-state index contributed by atoms with van der Waals surface area (Å²) in [5.41, 5.74) is 12.6. The summed E-state index contributed by atoms with van der Waals surface area (Å²) in [6.45, 7) is 0. The molecule has 7 aliphatic rings. The molecule has 0 saturated carbocycles. The standard InChI is InChI=1S/C45H49N3/c1-4-14-30(15-5-1)35-26-25-34(45-47-43(31-16-6-2-7-17-31)46-44(48-45)32-18-8-3-9-19-32)29-41(35)33-24-27-40-38-22-11-10-20-36(38)37-21-12-13-23-39(37)42(40)28-33/h1-4,6-9,11-14,16-18,21-23,25-26,32-33,36,38,41,43-48H,5,10,15,19-20,24,27-29H2. The zero-order valence-electron chi connectivity index (χ0n) is 28.0. The molecule has 2 aromatic rings. The Hall–Kier alpha value is -3.76. The van der Waals surface area contributed by atoms with Crippen LogP contribution in [0.25, 0.3) is 5.57 Å². The SMILES string of the molecule is C1=CCCC(C2=CC=C(C3NC(c4ccccc4)NC(C4C=CC=CC4)N3)CC2C2CCC3=C(C2)c2ccccc2C2CCC=CC32)=C1. The first kappa shape index (κ1) is 30.3. The minimum Gasteiger partial charge on any atom is -0.282 e. The van der Waals surface area contributed by atoms with Gasteiger partial charge in [0.2, 0.25) is 0 Å². The number of nitrogens with one attached hydrogen (secondary N) is 3. The van der Waals surface area contributed by atoms with Crippen LogP contribution in [0.1, 0.15) is 86.6 Å². The fourth-order valence-corrected chi connectivity index (χ4v) is 10.0. The van der Waals surface area contributed by atoms with Gasteiger partial charge in [0.05, 0.1) is 18.5 Å². The van der Waals surface area contributed by atoms with Gasteiger partial charge in [-0.25, -0.2) is 0 Å². The second-order valence-corrected chi connectivity index (χ2v) is 15.0. The first-order valence-corrected chi connectivity index (χ1v) is 18.7. The Bertz CT molecular complexity index is 1780. The molecule has 0 amide bonds. The third-order valence-corrected chi connectivity index (χ3v) is 12.4. The normalized spacial score (nSPS) is 34.0. The van der Waals surface area contributed by atoms with Crippen LogP contribution in [-0.4, -0.2) is 12.3 Å². The second-order valence-electron chi connectivity index (χ2n) is 15.0. The molecule has 1 heterocycles. The molecule has 3 N–H and O–H groups in total. The maximum atomic E-state index is 4.05. The summed E-state index contributed by atoms with van der Waals surface area (Å²) in [5.74, 6) is 2.84. The summed E-state index contributed by atoms with van der Waals surface area (Å²) in [6.07, 6.45) is 37.2. The Balaban J connectivity index is 1.05. The van der Waals surface area contributed by atoms with E-state index in [1.165, 1.54) is 43.2 Å². The first-order chi connectivity index (χ1) is 23.8. The number of rotatable bonds is 5. The molecule has 244 valence electrons. The summed E-state index contributed by atoms with van der Waals surface area (Å²) in [7, 11) is 0. The van der Waals surface area contributed by atoms with Crippen LogP contribution in [0.4, 0.5) is 0 Å². The minimum absolute atomic E-state index is 0.0929. The Morgan fingerprint density at radius 2 is 1.54 bits per heavy atom. The summed E-state index contributed by atoms with van der Waals surface area (Å²) in [6, 6.07) is 20.4. The average Bonchev–Trinajstić information content (AvgIpc) is 3.18. The molecule has 0 bridgehead atoms. The lowest BCUT2D eigenvalue weighted by molar-refractivity contribution is 0.181. The molecule has 2 aromatic carbocycles. The van der Waals surface area contributed by atoms with Gasteiger partial charge in [-0.1, -0.05) is 127 Å². The summed E-state index contributed by atoms with van der Waals surface area (Å²) in [5, 5.41) is 12.0. The Labute approximate surface area is 287 Å². The van der Waals surface area contributed by atoms with Crippen LogP contribution >= 0.6 is 0 Å². The van der Waals surface area contributed by atoms with Crippen LogP contribution in [0.2, 0.25) is 0 Å². The molecule has 0 radical (unpaired) electrons. The highest BCUT2D eigenvalue weighted by atomic mass is 15.4. The monoisotopic (exact) mass is 631 g/mol. The maximum Gasteiger partial charge on any atom is 0.0862 e. The van der Waals surface area contributed by atoms with Crippen LogP contribution in [0.3, 0.4) is 0 Å². The van der Waals surface area contributed by atoms with Crippen molar-refractivity contribution in [2.24, 2.45) is 23.7 Å². The smallest absolute Gasteiger partial charge is 0.0862 e. The van der Waals surface area contributed by atoms with Gasteiger partial charge >= 0.3 is 0 Å². The lowest BCUT2D eigenvalue weighted by Gasteiger charge is -2.46. The molecule has 0 aromatic heterocycles. The average molecular weight is 632 g/mol. The summed E-state index contributed by atoms with van der Waals surface area (Å²) in [4.78, 5) is 0. The van der Waals surface area contributed by atoms with E-state index in [9.17, 15) is 0 Å². The van der Waals surface area contributed by atoms with E-state index in [-0.39, 0.29) is 18.5 Å². The molecule has 1 saturated heterocycles. The van der Waals surface area contributed by atoms with E-state index in [1.807, 2.05) is 0 Å². The predicted octanol–water partition coefficient (Wildman–Crippen LogP) is 9.72. The minimum atomic E-state index is 0.0929. The Kier molecular flexibility index (Phi) is 8.38. The highest BCUT2D eigenvalue weighted by Gasteiger charge is 2.41. The van der Waals surface area contributed by atoms with Crippen LogP contribution in [0.5, 0.6) is 0 Å². The molecule has 6 aliphatic carbocycles. The Morgan fingerprint density at radius 1 is 0.646 bits per heavy atom. The number of hydrogen-bond donors (Lipinski definition) is 3. The van der Waals surface area contributed by atoms with Crippen LogP contribution in [0, 0.1) is 23.7 Å². The summed E-state index contributed by atoms with van der Waals surface area (Å²) >= 11 is 0. The third kappa shape index (κ3) is 5.70. The second kappa shape index (κ2) is 13.3. The summed E-state index contributed by atoms with van der Waals surface area (Å²) < 4.78 is 0. The van der Waals surface area contributed by atoms with E-state index in [4.69, 9.17) is 0 Å². The van der Waals surface area contributed by atoms with Gasteiger partial charge in [0.25, 0.3) is 0 Å². The molecule has 3 heteroatoms. The molecule has 1 aliphatic heterocycles. The zero-order chi connectivity index (χ0) is 31.9. The van der Waals surface area contributed by atoms with Crippen molar-refractivity contribution in [1.29, 1.82) is 0 Å². The molecule has 8 atom stereocenters. The predicted molar refractivity (Wildman–Crippen MR) is 199 cm³/mol. The maximum absolute atomic E-state index is 4.05. The van der Waals surface area contributed by atoms with E-state index in [0.29, 0.717) is 29.6 Å². The first-order valence-electron chi connectivity index (χ1n) is 18.7. The van der Waals surface area contributed by atoms with Gasteiger partial charge in [0, 0.05) is 11.8 Å². The van der Waals surface area contributed by atoms with Gasteiger partial charge in [-0.2, -0.15) is 0 Å². The van der Waals surface area contributed by atoms with Crippen molar-refractivity contribution in [3.63, 3.8) is 0 Å². The lowest BCUT2D eigenvalue weighted by Crippen LogP contribution is -2.65. The number of allylic oxidation sites excluding steroid dienone is 14. The van der Waals surface area contributed by atoms with Gasteiger partial charge in [-0.05, 0) is 115 Å². The molecule has 1 fully saturated rings. The van der Waals surface area contributed by atoms with Gasteiger partial charge in [0.1, 0.15) is 0 Å². The van der Waals surface area contributed by atoms with Gasteiger partial charge in [0.15, 0.2) is 0 Å². The van der Waals surface area contributed by atoms with Crippen molar-refractivity contribution in [3.8, 4) is 0 Å². The van der Waals surface area contributed by atoms with E-state index in [2.05, 4.69) is 137 Å². The quantitative estimate of drug-likeness (QED) is 0.288. The van der Waals surface area contributed by atoms with Crippen molar-refractivity contribution in [3.05, 3.63) is 160 Å². The van der Waals surface area contributed by atoms with Crippen molar-refractivity contribution >= 4 is 5.57 Å². The van der Waals surface area contributed by atoms with Crippen LogP contribution < -0.4 is 16.0 Å². The van der Waals surface area contributed by atoms with Crippen LogP contribution in [-0.2, 0) is 0 Å². The molecule has 0 spiro atoms.